The van der Waals surface area contributed by atoms with Crippen molar-refractivity contribution in [3.05, 3.63) is 47.9 Å². The Kier molecular flexibility index (Phi) is 5.58. The van der Waals surface area contributed by atoms with Crippen LogP contribution in [-0.4, -0.2) is 43.0 Å². The molecule has 7 nitrogen and oxygen atoms in total. The number of nitrogens with zero attached hydrogens (tertiary/aromatic N) is 1. The number of hydrogen-bond acceptors (Lipinski definition) is 5. The highest BCUT2D eigenvalue weighted by Crippen LogP contribution is 2.28. The van der Waals surface area contributed by atoms with Crippen LogP contribution in [0.3, 0.4) is 0 Å². The van der Waals surface area contributed by atoms with E-state index in [2.05, 4.69) is 29.4 Å². The molecule has 0 bridgehead atoms. The van der Waals surface area contributed by atoms with E-state index in [4.69, 9.17) is 9.15 Å². The number of nitrogens with one attached hydrogen (secondary N) is 2. The first-order chi connectivity index (χ1) is 12.6. The molecule has 1 aromatic carbocycles. The summed E-state index contributed by atoms with van der Waals surface area (Å²) in [6.07, 6.45) is 1.64. The molecule has 1 aliphatic heterocycles. The van der Waals surface area contributed by atoms with Gasteiger partial charge in [-0.25, -0.2) is 0 Å². The van der Waals surface area contributed by atoms with Crippen molar-refractivity contribution in [3.63, 3.8) is 0 Å². The number of hydrogen-bond donors (Lipinski definition) is 2. The quantitative estimate of drug-likeness (QED) is 0.795. The highest BCUT2D eigenvalue weighted by Gasteiger charge is 2.22. The third-order valence-electron chi connectivity index (χ3n) is 4.46. The van der Waals surface area contributed by atoms with Crippen LogP contribution in [-0.2, 0) is 4.79 Å². The maximum Gasteiger partial charge on any atom is 0.262 e. The van der Waals surface area contributed by atoms with Gasteiger partial charge in [0.1, 0.15) is 11.5 Å². The second-order valence-electron chi connectivity index (χ2n) is 6.01. The topological polar surface area (TPSA) is 83.8 Å². The molecule has 138 valence electrons. The molecule has 7 heteroatoms. The van der Waals surface area contributed by atoms with Gasteiger partial charge in [0.15, 0.2) is 6.61 Å². The summed E-state index contributed by atoms with van der Waals surface area (Å²) in [5.74, 6) is 0.932. The molecule has 0 spiro atoms. The Morgan fingerprint density at radius 1 is 1.31 bits per heavy atom. The number of fused-ring (bicyclic) bond motifs is 1. The van der Waals surface area contributed by atoms with E-state index in [1.54, 1.807) is 24.5 Å². The molecule has 0 saturated carbocycles. The van der Waals surface area contributed by atoms with Gasteiger partial charge in [-0.05, 0) is 43.4 Å². The third kappa shape index (κ3) is 3.88. The fourth-order valence-corrected chi connectivity index (χ4v) is 3.06. The predicted molar refractivity (Wildman–Crippen MR) is 97.3 cm³/mol. The molecule has 2 amide bonds. The average molecular weight is 357 g/mol. The molecule has 26 heavy (non-hydrogen) atoms. The maximum atomic E-state index is 12.6. The van der Waals surface area contributed by atoms with Gasteiger partial charge < -0.3 is 19.8 Å². The summed E-state index contributed by atoms with van der Waals surface area (Å²) in [6.45, 7) is 6.25. The highest BCUT2D eigenvalue weighted by atomic mass is 16.5. The number of ether oxygens (including phenoxy) is 1. The number of amides is 2. The van der Waals surface area contributed by atoms with E-state index in [9.17, 15) is 9.59 Å². The molecule has 1 aromatic heterocycles. The van der Waals surface area contributed by atoms with Crippen LogP contribution >= 0.6 is 0 Å². The van der Waals surface area contributed by atoms with Gasteiger partial charge in [-0.1, -0.05) is 13.8 Å². The number of carbonyl (C=O) groups excluding carboxylic acids is 2. The molecule has 0 aliphatic carbocycles. The van der Waals surface area contributed by atoms with Crippen molar-refractivity contribution in [1.29, 1.82) is 0 Å². The third-order valence-corrected chi connectivity index (χ3v) is 4.46. The minimum atomic E-state index is -0.199. The Morgan fingerprint density at radius 3 is 2.81 bits per heavy atom. The lowest BCUT2D eigenvalue weighted by Crippen LogP contribution is -2.38. The van der Waals surface area contributed by atoms with E-state index >= 15 is 0 Å². The van der Waals surface area contributed by atoms with Gasteiger partial charge in [0.25, 0.3) is 11.8 Å². The van der Waals surface area contributed by atoms with E-state index in [0.717, 1.165) is 18.8 Å². The van der Waals surface area contributed by atoms with Gasteiger partial charge in [0.2, 0.25) is 0 Å². The molecule has 1 aliphatic rings. The highest BCUT2D eigenvalue weighted by molar-refractivity contribution is 5.99. The van der Waals surface area contributed by atoms with Crippen molar-refractivity contribution in [2.45, 2.75) is 19.9 Å². The normalized spacial score (nSPS) is 14.3. The average Bonchev–Trinajstić information content (AvgIpc) is 3.18. The number of furan rings is 1. The van der Waals surface area contributed by atoms with Gasteiger partial charge in [-0.2, -0.15) is 0 Å². The molecule has 0 saturated heterocycles. The Hall–Kier alpha value is -2.80. The molecule has 2 N–H and O–H groups in total. The van der Waals surface area contributed by atoms with E-state index in [1.165, 1.54) is 0 Å². The van der Waals surface area contributed by atoms with Crippen molar-refractivity contribution in [2.75, 3.05) is 31.6 Å². The van der Waals surface area contributed by atoms with E-state index in [0.29, 0.717) is 23.5 Å². The maximum absolute atomic E-state index is 12.6. The molecule has 3 rings (SSSR count). The Labute approximate surface area is 152 Å². The molecule has 2 heterocycles. The first-order valence-electron chi connectivity index (χ1n) is 8.74. The van der Waals surface area contributed by atoms with Gasteiger partial charge >= 0.3 is 0 Å². The zero-order valence-electron chi connectivity index (χ0n) is 15.0. The second kappa shape index (κ2) is 8.05. The summed E-state index contributed by atoms with van der Waals surface area (Å²) in [5.41, 5.74) is 1.06. The van der Waals surface area contributed by atoms with Crippen LogP contribution in [0.25, 0.3) is 0 Å². The summed E-state index contributed by atoms with van der Waals surface area (Å²) in [6, 6.07) is 8.73. The molecule has 0 radical (unpaired) electrons. The zero-order chi connectivity index (χ0) is 18.5. The Morgan fingerprint density at radius 2 is 2.12 bits per heavy atom. The molecular formula is C19H23N3O4. The Bertz CT molecular complexity index is 769. The predicted octanol–water partition coefficient (Wildman–Crippen LogP) is 2.42. The first-order valence-corrected chi connectivity index (χ1v) is 8.74. The number of anilines is 1. The van der Waals surface area contributed by atoms with Crippen LogP contribution in [0.5, 0.6) is 5.75 Å². The minimum absolute atomic E-state index is 0.0304. The molecule has 0 fully saturated rings. The monoisotopic (exact) mass is 357 g/mol. The van der Waals surface area contributed by atoms with Crippen molar-refractivity contribution >= 4 is 17.5 Å². The first kappa shape index (κ1) is 18.0. The van der Waals surface area contributed by atoms with Gasteiger partial charge in [-0.3, -0.25) is 14.5 Å². The number of carbonyl (C=O) groups is 2. The van der Waals surface area contributed by atoms with Crippen LogP contribution in [0.4, 0.5) is 5.69 Å². The van der Waals surface area contributed by atoms with Gasteiger partial charge in [0, 0.05) is 12.1 Å². The molecule has 2 aromatic rings. The van der Waals surface area contributed by atoms with Gasteiger partial charge in [0.05, 0.1) is 18.0 Å². The van der Waals surface area contributed by atoms with E-state index in [1.807, 2.05) is 12.1 Å². The lowest BCUT2D eigenvalue weighted by atomic mass is 10.1. The summed E-state index contributed by atoms with van der Waals surface area (Å²) in [7, 11) is 0. The van der Waals surface area contributed by atoms with Crippen molar-refractivity contribution in [3.8, 4) is 5.75 Å². The van der Waals surface area contributed by atoms with Crippen LogP contribution in [0.15, 0.2) is 41.0 Å². The molecule has 1 unspecified atom stereocenters. The van der Waals surface area contributed by atoms with Crippen molar-refractivity contribution < 1.29 is 18.7 Å². The summed E-state index contributed by atoms with van der Waals surface area (Å²) in [4.78, 5) is 26.1. The van der Waals surface area contributed by atoms with E-state index < -0.39 is 0 Å². The summed E-state index contributed by atoms with van der Waals surface area (Å²) in [5, 5.41) is 5.68. The van der Waals surface area contributed by atoms with Crippen LogP contribution < -0.4 is 15.4 Å². The smallest absolute Gasteiger partial charge is 0.262 e. The lowest BCUT2D eigenvalue weighted by Gasteiger charge is -2.28. The van der Waals surface area contributed by atoms with E-state index in [-0.39, 0.29) is 24.5 Å². The molecule has 1 atom stereocenters. The number of rotatable bonds is 7. The lowest BCUT2D eigenvalue weighted by molar-refractivity contribution is -0.118. The van der Waals surface area contributed by atoms with Crippen LogP contribution in [0.1, 0.15) is 36.0 Å². The number of benzene rings is 1. The fraction of sp³-hybridized carbons (Fsp3) is 0.368. The van der Waals surface area contributed by atoms with Crippen LogP contribution in [0, 0.1) is 0 Å². The molecular weight excluding hydrogens is 334 g/mol. The van der Waals surface area contributed by atoms with Crippen molar-refractivity contribution in [2.24, 2.45) is 0 Å². The standard InChI is InChI=1S/C19H23N3O4/c1-3-22(4-2)15(16-6-5-9-25-16)11-20-19(24)13-7-8-14-17(10-13)26-12-18(23)21-14/h5-10,15H,3-4,11-12H2,1-2H3,(H,20,24)(H,21,23). The summed E-state index contributed by atoms with van der Waals surface area (Å²) >= 11 is 0. The fourth-order valence-electron chi connectivity index (χ4n) is 3.06. The van der Waals surface area contributed by atoms with Crippen molar-refractivity contribution in [1.82, 2.24) is 10.2 Å². The van der Waals surface area contributed by atoms with Crippen LogP contribution in [0.2, 0.25) is 0 Å². The van der Waals surface area contributed by atoms with Gasteiger partial charge in [-0.15, -0.1) is 0 Å². The second-order valence-corrected chi connectivity index (χ2v) is 6.01. The SMILES string of the molecule is CCN(CC)C(CNC(=O)c1ccc2c(c1)OCC(=O)N2)c1ccco1. The number of likely N-dealkylation sites (N-methyl/N-ethyl adjacent to an activating group) is 1. The zero-order valence-corrected chi connectivity index (χ0v) is 15.0. The summed E-state index contributed by atoms with van der Waals surface area (Å²) < 4.78 is 10.9. The largest absolute Gasteiger partial charge is 0.482 e. The Balaban J connectivity index is 1.69. The minimum Gasteiger partial charge on any atom is -0.482 e.